The summed E-state index contributed by atoms with van der Waals surface area (Å²) >= 11 is 0. The van der Waals surface area contributed by atoms with Gasteiger partial charge in [0, 0.05) is 64.1 Å². The molecule has 4 aromatic carbocycles. The number of anilines is 5. The molecule has 0 bridgehead atoms. The summed E-state index contributed by atoms with van der Waals surface area (Å²) in [6, 6.07) is 29.3. The van der Waals surface area contributed by atoms with Gasteiger partial charge in [-0.05, 0) is 104 Å². The number of nitrogens with one attached hydrogen (secondary N) is 4. The van der Waals surface area contributed by atoms with Crippen molar-refractivity contribution in [1.82, 2.24) is 4.98 Å². The predicted octanol–water partition coefficient (Wildman–Crippen LogP) is 6.25. The number of benzene rings is 4. The first kappa shape index (κ1) is 27.6. The Kier molecular flexibility index (Phi) is 7.76. The van der Waals surface area contributed by atoms with Crippen molar-refractivity contribution >= 4 is 51.2 Å². The van der Waals surface area contributed by atoms with Crippen LogP contribution in [0.25, 0.3) is 10.9 Å². The Morgan fingerprint density at radius 3 is 2.19 bits per heavy atom. The standard InChI is InChI=1S/C34H30N6O3/c35-21-25-20-28(39-33(42)22-1-9-29(10-2-22)40-17-14-30(41)15-18-40)8-12-32(25)37-26-4-6-27(7-5-26)38-34(43)24-3-11-31-23(19-24)13-16-36-31/h1-13,16,19-20,30,36-37,41H,14-15,17-18H2,(H,38,43)(H,39,42). The molecule has 0 spiro atoms. The highest BCUT2D eigenvalue weighted by molar-refractivity contribution is 6.06. The molecule has 214 valence electrons. The number of nitriles is 1. The van der Waals surface area contributed by atoms with Crippen LogP contribution in [0.1, 0.15) is 39.1 Å². The molecule has 5 aromatic rings. The van der Waals surface area contributed by atoms with Gasteiger partial charge in [0.15, 0.2) is 0 Å². The quantitative estimate of drug-likeness (QED) is 0.157. The Bertz CT molecular complexity index is 1810. The number of hydrogen-bond donors (Lipinski definition) is 5. The average molecular weight is 571 g/mol. The highest BCUT2D eigenvalue weighted by Crippen LogP contribution is 2.26. The second-order valence-electron chi connectivity index (χ2n) is 10.5. The Morgan fingerprint density at radius 2 is 1.44 bits per heavy atom. The topological polar surface area (TPSA) is 133 Å². The average Bonchev–Trinajstić information content (AvgIpc) is 3.51. The van der Waals surface area contributed by atoms with Crippen LogP contribution in [-0.4, -0.2) is 41.1 Å². The van der Waals surface area contributed by atoms with Crippen LogP contribution in [0.5, 0.6) is 0 Å². The lowest BCUT2D eigenvalue weighted by Gasteiger charge is -2.31. The fourth-order valence-corrected chi connectivity index (χ4v) is 5.16. The highest BCUT2D eigenvalue weighted by Gasteiger charge is 2.18. The third-order valence-electron chi connectivity index (χ3n) is 7.59. The zero-order chi connectivity index (χ0) is 29.8. The van der Waals surface area contributed by atoms with Crippen molar-refractivity contribution in [2.24, 2.45) is 0 Å². The van der Waals surface area contributed by atoms with Crippen LogP contribution >= 0.6 is 0 Å². The highest BCUT2D eigenvalue weighted by atomic mass is 16.3. The van der Waals surface area contributed by atoms with Crippen LogP contribution in [0.15, 0.2) is 97.2 Å². The number of aromatic amines is 1. The van der Waals surface area contributed by atoms with Gasteiger partial charge in [-0.2, -0.15) is 5.26 Å². The van der Waals surface area contributed by atoms with Gasteiger partial charge >= 0.3 is 0 Å². The van der Waals surface area contributed by atoms with E-state index in [1.54, 1.807) is 48.5 Å². The molecule has 5 N–H and O–H groups in total. The van der Waals surface area contributed by atoms with Crippen molar-refractivity contribution in [3.05, 3.63) is 114 Å². The van der Waals surface area contributed by atoms with E-state index in [9.17, 15) is 20.0 Å². The van der Waals surface area contributed by atoms with Crippen molar-refractivity contribution in [2.75, 3.05) is 33.9 Å². The summed E-state index contributed by atoms with van der Waals surface area (Å²) in [5.41, 5.74) is 5.93. The number of aliphatic hydroxyl groups excluding tert-OH is 1. The fraction of sp³-hybridized carbons (Fsp3) is 0.147. The number of carbonyl (C=O) groups excluding carboxylic acids is 2. The largest absolute Gasteiger partial charge is 0.393 e. The fourth-order valence-electron chi connectivity index (χ4n) is 5.16. The Hall–Kier alpha value is -5.59. The maximum atomic E-state index is 12.9. The van der Waals surface area contributed by atoms with Crippen LogP contribution < -0.4 is 20.9 Å². The van der Waals surface area contributed by atoms with E-state index in [0.717, 1.165) is 48.2 Å². The molecule has 9 heteroatoms. The van der Waals surface area contributed by atoms with Crippen LogP contribution in [-0.2, 0) is 0 Å². The van der Waals surface area contributed by atoms with E-state index in [4.69, 9.17) is 0 Å². The van der Waals surface area contributed by atoms with Crippen LogP contribution in [0.2, 0.25) is 0 Å². The number of rotatable bonds is 7. The normalized spacial score (nSPS) is 13.3. The molecule has 0 atom stereocenters. The molecule has 1 aliphatic heterocycles. The van der Waals surface area contributed by atoms with Gasteiger partial charge in [-0.1, -0.05) is 0 Å². The van der Waals surface area contributed by atoms with E-state index >= 15 is 0 Å². The lowest BCUT2D eigenvalue weighted by molar-refractivity contribution is 0.101. The van der Waals surface area contributed by atoms with Crippen LogP contribution in [0.4, 0.5) is 28.4 Å². The van der Waals surface area contributed by atoms with Crippen LogP contribution in [0, 0.1) is 11.3 Å². The van der Waals surface area contributed by atoms with E-state index in [-0.39, 0.29) is 17.9 Å². The minimum Gasteiger partial charge on any atom is -0.393 e. The zero-order valence-electron chi connectivity index (χ0n) is 23.3. The monoisotopic (exact) mass is 570 g/mol. The lowest BCUT2D eigenvalue weighted by atomic mass is 10.1. The summed E-state index contributed by atoms with van der Waals surface area (Å²) in [5.74, 6) is -0.470. The first-order chi connectivity index (χ1) is 20.9. The molecule has 9 nitrogen and oxygen atoms in total. The van der Waals surface area contributed by atoms with Gasteiger partial charge in [0.1, 0.15) is 6.07 Å². The van der Waals surface area contributed by atoms with Gasteiger partial charge in [-0.3, -0.25) is 9.59 Å². The molecule has 1 fully saturated rings. The minimum atomic E-state index is -0.268. The van der Waals surface area contributed by atoms with Crippen molar-refractivity contribution in [2.45, 2.75) is 18.9 Å². The third kappa shape index (κ3) is 6.35. The van der Waals surface area contributed by atoms with Gasteiger partial charge in [0.25, 0.3) is 11.8 Å². The SMILES string of the molecule is N#Cc1cc(NC(=O)c2ccc(N3CCC(O)CC3)cc2)ccc1Nc1ccc(NC(=O)c2ccc3[nH]ccc3c2)cc1. The number of H-pyrrole nitrogens is 1. The summed E-state index contributed by atoms with van der Waals surface area (Å²) in [6.07, 6.45) is 3.08. The van der Waals surface area contributed by atoms with Crippen molar-refractivity contribution in [3.63, 3.8) is 0 Å². The smallest absolute Gasteiger partial charge is 0.255 e. The summed E-state index contributed by atoms with van der Waals surface area (Å²) in [5, 5.41) is 29.5. The van der Waals surface area contributed by atoms with Gasteiger partial charge < -0.3 is 30.9 Å². The number of amides is 2. The number of aromatic nitrogens is 1. The maximum Gasteiger partial charge on any atom is 0.255 e. The van der Waals surface area contributed by atoms with E-state index in [1.165, 1.54) is 0 Å². The summed E-state index contributed by atoms with van der Waals surface area (Å²) in [4.78, 5) is 30.9. The zero-order valence-corrected chi connectivity index (χ0v) is 23.3. The van der Waals surface area contributed by atoms with E-state index < -0.39 is 0 Å². The van der Waals surface area contributed by atoms with Gasteiger partial charge in [-0.15, -0.1) is 0 Å². The number of carbonyl (C=O) groups is 2. The molecule has 2 amide bonds. The lowest BCUT2D eigenvalue weighted by Crippen LogP contribution is -2.35. The van der Waals surface area contributed by atoms with Crippen LogP contribution in [0.3, 0.4) is 0 Å². The molecule has 0 saturated carbocycles. The molecule has 1 aliphatic rings. The second-order valence-corrected chi connectivity index (χ2v) is 10.5. The Morgan fingerprint density at radius 1 is 0.791 bits per heavy atom. The molecule has 6 rings (SSSR count). The van der Waals surface area contributed by atoms with Gasteiger partial charge in [0.05, 0.1) is 17.4 Å². The minimum absolute atomic E-state index is 0.202. The van der Waals surface area contributed by atoms with Crippen molar-refractivity contribution < 1.29 is 14.7 Å². The molecule has 43 heavy (non-hydrogen) atoms. The van der Waals surface area contributed by atoms with Crippen molar-refractivity contribution in [1.29, 1.82) is 5.26 Å². The maximum absolute atomic E-state index is 12.9. The van der Waals surface area contributed by atoms with Crippen molar-refractivity contribution in [3.8, 4) is 6.07 Å². The molecule has 0 radical (unpaired) electrons. The molecule has 0 aliphatic carbocycles. The molecule has 0 unspecified atom stereocenters. The summed E-state index contributed by atoms with van der Waals surface area (Å²) < 4.78 is 0. The van der Waals surface area contributed by atoms with E-state index in [1.807, 2.05) is 48.7 Å². The molecule has 1 aromatic heterocycles. The first-order valence-electron chi connectivity index (χ1n) is 14.1. The summed E-state index contributed by atoms with van der Waals surface area (Å²) in [7, 11) is 0. The molecule has 1 saturated heterocycles. The number of hydrogen-bond acceptors (Lipinski definition) is 6. The van der Waals surface area contributed by atoms with E-state index in [0.29, 0.717) is 33.8 Å². The summed E-state index contributed by atoms with van der Waals surface area (Å²) in [6.45, 7) is 1.58. The van der Waals surface area contributed by atoms with E-state index in [2.05, 4.69) is 31.9 Å². The Labute approximate surface area is 248 Å². The third-order valence-corrected chi connectivity index (χ3v) is 7.59. The molecular weight excluding hydrogens is 540 g/mol. The van der Waals surface area contributed by atoms with Gasteiger partial charge in [-0.25, -0.2) is 0 Å². The predicted molar refractivity (Wildman–Crippen MR) is 169 cm³/mol. The number of aliphatic hydroxyl groups is 1. The Balaban J connectivity index is 1.07. The second kappa shape index (κ2) is 12.1. The van der Waals surface area contributed by atoms with Gasteiger partial charge in [0.2, 0.25) is 0 Å². The number of piperidine rings is 1. The number of fused-ring (bicyclic) bond motifs is 1. The first-order valence-corrected chi connectivity index (χ1v) is 14.1. The number of nitrogens with zero attached hydrogens (tertiary/aromatic N) is 2. The molecular formula is C34H30N6O3. The molecule has 2 heterocycles.